The zero-order chi connectivity index (χ0) is 11.4. The van der Waals surface area contributed by atoms with Crippen LogP contribution in [-0.2, 0) is 0 Å². The maximum absolute atomic E-state index is 5.98. The number of hydrogen-bond acceptors (Lipinski definition) is 2. The van der Waals surface area contributed by atoms with Gasteiger partial charge in [0, 0.05) is 13.1 Å². The molecule has 2 heteroatoms. The predicted molar refractivity (Wildman–Crippen MR) is 68.4 cm³/mol. The minimum atomic E-state index is 0.541. The first-order chi connectivity index (χ1) is 7.06. The minimum Gasteiger partial charge on any atom is -0.397 e. The number of nitrogens with zero attached hydrogens (tertiary/aromatic N) is 1. The van der Waals surface area contributed by atoms with Crippen LogP contribution >= 0.6 is 0 Å². The zero-order valence-corrected chi connectivity index (χ0v) is 10.2. The molecule has 1 unspecified atom stereocenters. The summed E-state index contributed by atoms with van der Waals surface area (Å²) in [6.07, 6.45) is 2.40. The largest absolute Gasteiger partial charge is 0.397 e. The summed E-state index contributed by atoms with van der Waals surface area (Å²) in [6.45, 7) is 6.55. The van der Waals surface area contributed by atoms with Crippen molar-refractivity contribution >= 4 is 11.4 Å². The molecule has 0 heterocycles. The molecule has 0 saturated heterocycles. The fourth-order valence-electron chi connectivity index (χ4n) is 1.81. The first-order valence-corrected chi connectivity index (χ1v) is 5.65. The van der Waals surface area contributed by atoms with Crippen LogP contribution in [0.3, 0.4) is 0 Å². The van der Waals surface area contributed by atoms with Crippen molar-refractivity contribution in [2.45, 2.75) is 39.7 Å². The molecule has 0 aromatic heterocycles. The van der Waals surface area contributed by atoms with Gasteiger partial charge in [-0.3, -0.25) is 0 Å². The molecule has 15 heavy (non-hydrogen) atoms. The molecule has 0 bridgehead atoms. The molecule has 1 atom stereocenters. The van der Waals surface area contributed by atoms with Crippen LogP contribution < -0.4 is 10.6 Å². The van der Waals surface area contributed by atoms with Crippen LogP contribution in [-0.4, -0.2) is 13.1 Å². The lowest BCUT2D eigenvalue weighted by Gasteiger charge is -2.28. The van der Waals surface area contributed by atoms with Crippen LogP contribution in [0.5, 0.6) is 0 Å². The summed E-state index contributed by atoms with van der Waals surface area (Å²) >= 11 is 0. The van der Waals surface area contributed by atoms with Gasteiger partial charge in [0.1, 0.15) is 0 Å². The number of hydrogen-bond donors (Lipinski definition) is 1. The molecule has 0 fully saturated rings. The normalized spacial score (nSPS) is 12.5. The van der Waals surface area contributed by atoms with Crippen LogP contribution in [0.25, 0.3) is 0 Å². The van der Waals surface area contributed by atoms with Crippen molar-refractivity contribution in [1.29, 1.82) is 0 Å². The van der Waals surface area contributed by atoms with Gasteiger partial charge in [-0.2, -0.15) is 0 Å². The molecule has 0 saturated carbocycles. The van der Waals surface area contributed by atoms with Crippen molar-refractivity contribution in [2.24, 2.45) is 0 Å². The summed E-state index contributed by atoms with van der Waals surface area (Å²) in [7, 11) is 2.12. The van der Waals surface area contributed by atoms with Crippen LogP contribution in [0, 0.1) is 6.92 Å². The second-order valence-electron chi connectivity index (χ2n) is 4.31. The van der Waals surface area contributed by atoms with Crippen molar-refractivity contribution in [3.8, 4) is 0 Å². The Labute approximate surface area is 93.1 Å². The summed E-state index contributed by atoms with van der Waals surface area (Å²) in [5, 5.41) is 0. The van der Waals surface area contributed by atoms with Gasteiger partial charge >= 0.3 is 0 Å². The van der Waals surface area contributed by atoms with E-state index in [0.717, 1.165) is 11.4 Å². The number of nitrogen functional groups attached to an aromatic ring is 1. The summed E-state index contributed by atoms with van der Waals surface area (Å²) < 4.78 is 0. The lowest BCUT2D eigenvalue weighted by atomic mass is 10.1. The van der Waals surface area contributed by atoms with Crippen molar-refractivity contribution in [3.63, 3.8) is 0 Å². The Hall–Kier alpha value is -1.18. The Kier molecular flexibility index (Phi) is 4.01. The van der Waals surface area contributed by atoms with Gasteiger partial charge in [0.05, 0.1) is 11.4 Å². The molecular weight excluding hydrogens is 184 g/mol. The van der Waals surface area contributed by atoms with E-state index < -0.39 is 0 Å². The molecule has 0 radical (unpaired) electrons. The van der Waals surface area contributed by atoms with Gasteiger partial charge in [0.15, 0.2) is 0 Å². The van der Waals surface area contributed by atoms with Crippen LogP contribution in [0.2, 0.25) is 0 Å². The first kappa shape index (κ1) is 11.9. The van der Waals surface area contributed by atoms with E-state index in [2.05, 4.69) is 44.9 Å². The molecule has 0 aliphatic carbocycles. The average molecular weight is 206 g/mol. The van der Waals surface area contributed by atoms with Gasteiger partial charge in [-0.25, -0.2) is 0 Å². The number of benzene rings is 1. The van der Waals surface area contributed by atoms with E-state index in [1.807, 2.05) is 6.07 Å². The van der Waals surface area contributed by atoms with Crippen LogP contribution in [0.15, 0.2) is 18.2 Å². The second-order valence-corrected chi connectivity index (χ2v) is 4.31. The quantitative estimate of drug-likeness (QED) is 0.766. The zero-order valence-electron chi connectivity index (χ0n) is 10.2. The predicted octanol–water partition coefficient (Wildman–Crippen LogP) is 3.20. The summed E-state index contributed by atoms with van der Waals surface area (Å²) in [6, 6.07) is 6.73. The highest BCUT2D eigenvalue weighted by Gasteiger charge is 2.11. The van der Waals surface area contributed by atoms with E-state index in [4.69, 9.17) is 5.73 Å². The average Bonchev–Trinajstić information content (AvgIpc) is 2.21. The van der Waals surface area contributed by atoms with E-state index in [9.17, 15) is 0 Å². The van der Waals surface area contributed by atoms with E-state index in [1.54, 1.807) is 0 Å². The molecule has 0 aliphatic heterocycles. The highest BCUT2D eigenvalue weighted by molar-refractivity contribution is 5.68. The Morgan fingerprint density at radius 3 is 2.67 bits per heavy atom. The number of nitrogens with two attached hydrogens (primary N) is 1. The number of rotatable bonds is 4. The fraction of sp³-hybridized carbons (Fsp3) is 0.538. The van der Waals surface area contributed by atoms with Crippen LogP contribution in [0.1, 0.15) is 32.3 Å². The fourth-order valence-corrected chi connectivity index (χ4v) is 1.81. The molecule has 1 aromatic rings. The molecule has 84 valence electrons. The Balaban J connectivity index is 2.89. The highest BCUT2D eigenvalue weighted by atomic mass is 15.1. The van der Waals surface area contributed by atoms with E-state index in [0.29, 0.717) is 6.04 Å². The van der Waals surface area contributed by atoms with Crippen molar-refractivity contribution in [2.75, 3.05) is 17.7 Å². The Bertz CT molecular complexity index is 320. The van der Waals surface area contributed by atoms with Crippen molar-refractivity contribution in [3.05, 3.63) is 23.8 Å². The first-order valence-electron chi connectivity index (χ1n) is 5.65. The van der Waals surface area contributed by atoms with Crippen molar-refractivity contribution < 1.29 is 0 Å². The molecule has 0 spiro atoms. The SMILES string of the molecule is CCCC(C)N(C)c1cc(C)ccc1N. The van der Waals surface area contributed by atoms with Gasteiger partial charge in [-0.1, -0.05) is 19.4 Å². The third-order valence-corrected chi connectivity index (χ3v) is 2.93. The second kappa shape index (κ2) is 5.06. The molecule has 2 nitrogen and oxygen atoms in total. The van der Waals surface area contributed by atoms with E-state index >= 15 is 0 Å². The Morgan fingerprint density at radius 2 is 2.07 bits per heavy atom. The molecule has 2 N–H and O–H groups in total. The molecular formula is C13H22N2. The third kappa shape index (κ3) is 2.88. The van der Waals surface area contributed by atoms with E-state index in [-0.39, 0.29) is 0 Å². The van der Waals surface area contributed by atoms with E-state index in [1.165, 1.54) is 18.4 Å². The topological polar surface area (TPSA) is 29.3 Å². The maximum atomic E-state index is 5.98. The third-order valence-electron chi connectivity index (χ3n) is 2.93. The van der Waals surface area contributed by atoms with Gasteiger partial charge in [0.25, 0.3) is 0 Å². The highest BCUT2D eigenvalue weighted by Crippen LogP contribution is 2.25. The van der Waals surface area contributed by atoms with Gasteiger partial charge in [-0.05, 0) is 38.0 Å². The molecule has 0 aliphatic rings. The standard InChI is InChI=1S/C13H22N2/c1-5-6-11(3)15(4)13-9-10(2)7-8-12(13)14/h7-9,11H,5-6,14H2,1-4H3. The molecule has 1 aromatic carbocycles. The lowest BCUT2D eigenvalue weighted by molar-refractivity contribution is 0.616. The monoisotopic (exact) mass is 206 g/mol. The lowest BCUT2D eigenvalue weighted by Crippen LogP contribution is -2.29. The number of aryl methyl sites for hydroxylation is 1. The summed E-state index contributed by atoms with van der Waals surface area (Å²) in [4.78, 5) is 2.27. The number of anilines is 2. The van der Waals surface area contributed by atoms with Crippen molar-refractivity contribution in [1.82, 2.24) is 0 Å². The van der Waals surface area contributed by atoms with Gasteiger partial charge in [0.2, 0.25) is 0 Å². The Morgan fingerprint density at radius 1 is 1.40 bits per heavy atom. The van der Waals surface area contributed by atoms with Gasteiger partial charge < -0.3 is 10.6 Å². The summed E-state index contributed by atoms with van der Waals surface area (Å²) in [5.41, 5.74) is 9.26. The minimum absolute atomic E-state index is 0.541. The molecule has 1 rings (SSSR count). The van der Waals surface area contributed by atoms with Crippen LogP contribution in [0.4, 0.5) is 11.4 Å². The maximum Gasteiger partial charge on any atom is 0.0602 e. The van der Waals surface area contributed by atoms with Gasteiger partial charge in [-0.15, -0.1) is 0 Å². The summed E-state index contributed by atoms with van der Waals surface area (Å²) in [5.74, 6) is 0. The smallest absolute Gasteiger partial charge is 0.0602 e. The molecule has 0 amide bonds.